The SMILES string of the molecule is CC(S)C(C)S(=O)(=O)[O-].[Na+]. The van der Waals surface area contributed by atoms with Gasteiger partial charge in [0.25, 0.3) is 0 Å². The molecule has 2 unspecified atom stereocenters. The predicted octanol–water partition coefficient (Wildman–Crippen LogP) is -2.76. The molecule has 0 aliphatic heterocycles. The Morgan fingerprint density at radius 2 is 1.70 bits per heavy atom. The first-order chi connectivity index (χ1) is 3.85. The first-order valence-electron chi connectivity index (χ1n) is 2.48. The molecular formula is C4H9NaO3S2. The van der Waals surface area contributed by atoms with Crippen molar-refractivity contribution in [2.24, 2.45) is 0 Å². The molecule has 6 heteroatoms. The van der Waals surface area contributed by atoms with E-state index in [1.54, 1.807) is 6.92 Å². The molecule has 56 valence electrons. The van der Waals surface area contributed by atoms with E-state index in [4.69, 9.17) is 0 Å². The van der Waals surface area contributed by atoms with Crippen molar-refractivity contribution in [3.8, 4) is 0 Å². The van der Waals surface area contributed by atoms with Gasteiger partial charge in [-0.1, -0.05) is 6.92 Å². The van der Waals surface area contributed by atoms with Crippen molar-refractivity contribution in [2.45, 2.75) is 24.3 Å². The van der Waals surface area contributed by atoms with E-state index in [1.807, 2.05) is 0 Å². The monoisotopic (exact) mass is 192 g/mol. The molecule has 0 heterocycles. The number of rotatable bonds is 2. The first-order valence-corrected chi connectivity index (χ1v) is 4.47. The molecule has 0 N–H and O–H groups in total. The van der Waals surface area contributed by atoms with Crippen LogP contribution in [0.3, 0.4) is 0 Å². The van der Waals surface area contributed by atoms with E-state index in [2.05, 4.69) is 12.6 Å². The molecule has 0 spiro atoms. The summed E-state index contributed by atoms with van der Waals surface area (Å²) < 4.78 is 30.5. The van der Waals surface area contributed by atoms with E-state index in [1.165, 1.54) is 6.92 Å². The van der Waals surface area contributed by atoms with Crippen molar-refractivity contribution in [3.63, 3.8) is 0 Å². The van der Waals surface area contributed by atoms with Crippen molar-refractivity contribution >= 4 is 22.7 Å². The number of hydrogen-bond donors (Lipinski definition) is 1. The van der Waals surface area contributed by atoms with E-state index in [9.17, 15) is 13.0 Å². The zero-order chi connectivity index (χ0) is 7.65. The third-order valence-electron chi connectivity index (χ3n) is 1.13. The number of hydrogen-bond acceptors (Lipinski definition) is 4. The summed E-state index contributed by atoms with van der Waals surface area (Å²) in [6, 6.07) is 0. The average molecular weight is 192 g/mol. The molecule has 2 atom stereocenters. The largest absolute Gasteiger partial charge is 1.00 e. The fourth-order valence-electron chi connectivity index (χ4n) is 0.241. The van der Waals surface area contributed by atoms with Gasteiger partial charge in [0.05, 0.1) is 15.4 Å². The smallest absolute Gasteiger partial charge is 0.748 e. The van der Waals surface area contributed by atoms with Crippen LogP contribution in [0.2, 0.25) is 0 Å². The van der Waals surface area contributed by atoms with Crippen molar-refractivity contribution in [1.29, 1.82) is 0 Å². The topological polar surface area (TPSA) is 57.2 Å². The maximum Gasteiger partial charge on any atom is 1.00 e. The molecule has 0 aromatic rings. The van der Waals surface area contributed by atoms with Crippen LogP contribution in [0.15, 0.2) is 0 Å². The van der Waals surface area contributed by atoms with E-state index in [0.717, 1.165) is 0 Å². The molecule has 0 rings (SSSR count). The van der Waals surface area contributed by atoms with Gasteiger partial charge in [-0.3, -0.25) is 0 Å². The summed E-state index contributed by atoms with van der Waals surface area (Å²) in [4.78, 5) is 0. The van der Waals surface area contributed by atoms with Crippen LogP contribution in [0, 0.1) is 0 Å². The van der Waals surface area contributed by atoms with Gasteiger partial charge in [0.2, 0.25) is 0 Å². The van der Waals surface area contributed by atoms with Crippen LogP contribution < -0.4 is 29.6 Å². The molecule has 10 heavy (non-hydrogen) atoms. The van der Waals surface area contributed by atoms with E-state index >= 15 is 0 Å². The minimum absolute atomic E-state index is 0. The maximum atomic E-state index is 10.2. The van der Waals surface area contributed by atoms with Crippen LogP contribution in [0.4, 0.5) is 0 Å². The van der Waals surface area contributed by atoms with Crippen LogP contribution in [0.1, 0.15) is 13.8 Å². The van der Waals surface area contributed by atoms with Gasteiger partial charge in [-0.2, -0.15) is 12.6 Å². The molecule has 0 aliphatic carbocycles. The normalized spacial score (nSPS) is 17.2. The fraction of sp³-hybridized carbons (Fsp3) is 1.00. The van der Waals surface area contributed by atoms with Gasteiger partial charge in [0.1, 0.15) is 0 Å². The summed E-state index contributed by atoms with van der Waals surface area (Å²) in [7, 11) is -4.13. The quantitative estimate of drug-likeness (QED) is 0.293. The predicted molar refractivity (Wildman–Crippen MR) is 37.6 cm³/mol. The molecule has 3 nitrogen and oxygen atoms in total. The summed E-state index contributed by atoms with van der Waals surface area (Å²) in [6.45, 7) is 2.92. The molecule has 0 aliphatic rings. The molecule has 0 fully saturated rings. The van der Waals surface area contributed by atoms with Gasteiger partial charge in [0.15, 0.2) is 0 Å². The Hall–Kier alpha value is 1.26. The third-order valence-corrected chi connectivity index (χ3v) is 3.10. The molecule has 0 aromatic carbocycles. The van der Waals surface area contributed by atoms with Crippen molar-refractivity contribution in [3.05, 3.63) is 0 Å². The van der Waals surface area contributed by atoms with Crippen molar-refractivity contribution in [1.82, 2.24) is 0 Å². The van der Waals surface area contributed by atoms with Gasteiger partial charge >= 0.3 is 29.6 Å². The third kappa shape index (κ3) is 4.98. The molecule has 0 aromatic heterocycles. The molecule has 0 radical (unpaired) electrons. The van der Waals surface area contributed by atoms with Crippen LogP contribution in [0.25, 0.3) is 0 Å². The van der Waals surface area contributed by atoms with Gasteiger partial charge in [-0.25, -0.2) is 8.42 Å². The zero-order valence-corrected chi connectivity index (χ0v) is 9.95. The fourth-order valence-corrected chi connectivity index (χ4v) is 1.17. The van der Waals surface area contributed by atoms with E-state index < -0.39 is 20.6 Å². The zero-order valence-electron chi connectivity index (χ0n) is 6.23. The molecular weight excluding hydrogens is 183 g/mol. The van der Waals surface area contributed by atoms with Crippen molar-refractivity contribution < 1.29 is 42.5 Å². The van der Waals surface area contributed by atoms with Crippen LogP contribution >= 0.6 is 12.6 Å². The Morgan fingerprint density at radius 1 is 1.40 bits per heavy atom. The summed E-state index contributed by atoms with van der Waals surface area (Å²) in [5.41, 5.74) is 0. The van der Waals surface area contributed by atoms with Gasteiger partial charge < -0.3 is 4.55 Å². The minimum atomic E-state index is -4.13. The second kappa shape index (κ2) is 5.00. The van der Waals surface area contributed by atoms with Gasteiger partial charge in [-0.15, -0.1) is 0 Å². The van der Waals surface area contributed by atoms with E-state index in [-0.39, 0.29) is 29.6 Å². The molecule has 0 amide bonds. The molecule has 0 bridgehead atoms. The summed E-state index contributed by atoms with van der Waals surface area (Å²) >= 11 is 3.81. The Kier molecular flexibility index (Phi) is 6.92. The Balaban J connectivity index is 0. The Labute approximate surface area is 89.0 Å². The van der Waals surface area contributed by atoms with Gasteiger partial charge in [-0.05, 0) is 6.92 Å². The number of thiol groups is 1. The first kappa shape index (κ1) is 13.8. The summed E-state index contributed by atoms with van der Waals surface area (Å²) in [6.07, 6.45) is 0. The van der Waals surface area contributed by atoms with Crippen LogP contribution in [-0.2, 0) is 10.1 Å². The van der Waals surface area contributed by atoms with Crippen LogP contribution in [-0.4, -0.2) is 23.5 Å². The summed E-state index contributed by atoms with van der Waals surface area (Å²) in [5, 5.41) is -1.30. The van der Waals surface area contributed by atoms with Crippen molar-refractivity contribution in [2.75, 3.05) is 0 Å². The average Bonchev–Trinajstić information content (AvgIpc) is 1.62. The van der Waals surface area contributed by atoms with Gasteiger partial charge in [0, 0.05) is 5.25 Å². The molecule has 0 saturated heterocycles. The summed E-state index contributed by atoms with van der Waals surface area (Å²) in [5.74, 6) is 0. The van der Waals surface area contributed by atoms with E-state index in [0.29, 0.717) is 0 Å². The molecule has 0 saturated carbocycles. The second-order valence-corrected chi connectivity index (χ2v) is 4.48. The second-order valence-electron chi connectivity index (χ2n) is 1.94. The minimum Gasteiger partial charge on any atom is -0.748 e. The Bertz CT molecular complexity index is 175. The Morgan fingerprint density at radius 3 is 1.70 bits per heavy atom. The van der Waals surface area contributed by atoms with Crippen LogP contribution in [0.5, 0.6) is 0 Å². The maximum absolute atomic E-state index is 10.2. The standard InChI is InChI=1S/C4H10O3S2.Na/c1-3(8)4(2)9(5,6)7;/h3-4,8H,1-2H3,(H,5,6,7);/q;+1/p-1.